The van der Waals surface area contributed by atoms with E-state index in [2.05, 4.69) is 4.98 Å². The van der Waals surface area contributed by atoms with Crippen LogP contribution in [0, 0.1) is 5.82 Å². The molecule has 1 aromatic carbocycles. The van der Waals surface area contributed by atoms with Gasteiger partial charge in [0.05, 0.1) is 5.02 Å². The zero-order chi connectivity index (χ0) is 9.42. The van der Waals surface area contributed by atoms with Crippen LogP contribution in [-0.4, -0.2) is 11.3 Å². The smallest absolute Gasteiger partial charge is 0.152 e. The second kappa shape index (κ2) is 2.85. The Morgan fingerprint density at radius 1 is 1.46 bits per heavy atom. The van der Waals surface area contributed by atoms with Gasteiger partial charge in [0.2, 0.25) is 0 Å². The molecule has 0 bridgehead atoms. The van der Waals surface area contributed by atoms with Crippen LogP contribution in [0.15, 0.2) is 18.3 Å². The molecule has 2 aromatic rings. The molecule has 2 rings (SSSR count). The molecule has 66 valence electrons. The van der Waals surface area contributed by atoms with Crippen molar-refractivity contribution in [3.05, 3.63) is 34.7 Å². The Kier molecular flexibility index (Phi) is 1.81. The Morgan fingerprint density at radius 3 is 2.92 bits per heavy atom. The fourth-order valence-electron chi connectivity index (χ4n) is 1.27. The minimum Gasteiger partial charge on any atom is -0.360 e. The number of fused-ring (bicyclic) bond motifs is 1. The van der Waals surface area contributed by atoms with Gasteiger partial charge < -0.3 is 4.98 Å². The van der Waals surface area contributed by atoms with Crippen molar-refractivity contribution in [3.63, 3.8) is 0 Å². The van der Waals surface area contributed by atoms with Gasteiger partial charge >= 0.3 is 0 Å². The number of H-pyrrole nitrogens is 1. The van der Waals surface area contributed by atoms with E-state index < -0.39 is 5.82 Å². The van der Waals surface area contributed by atoms with Crippen LogP contribution in [0.25, 0.3) is 10.9 Å². The van der Waals surface area contributed by atoms with Crippen LogP contribution in [0.2, 0.25) is 5.02 Å². The Bertz CT molecular complexity index is 478. The van der Waals surface area contributed by atoms with E-state index in [9.17, 15) is 9.18 Å². The van der Waals surface area contributed by atoms with Crippen molar-refractivity contribution in [3.8, 4) is 0 Å². The van der Waals surface area contributed by atoms with Crippen molar-refractivity contribution in [2.24, 2.45) is 0 Å². The molecular formula is C9H5ClFNO. The second-order valence-corrected chi connectivity index (χ2v) is 3.02. The van der Waals surface area contributed by atoms with Crippen molar-refractivity contribution in [1.29, 1.82) is 0 Å². The van der Waals surface area contributed by atoms with Gasteiger partial charge in [-0.1, -0.05) is 11.6 Å². The predicted octanol–water partition coefficient (Wildman–Crippen LogP) is 2.77. The van der Waals surface area contributed by atoms with Crippen LogP contribution in [0.3, 0.4) is 0 Å². The maximum absolute atomic E-state index is 13.0. The van der Waals surface area contributed by atoms with Crippen LogP contribution >= 0.6 is 11.6 Å². The van der Waals surface area contributed by atoms with Gasteiger partial charge in [-0.2, -0.15) is 0 Å². The molecule has 0 atom stereocenters. The zero-order valence-corrected chi connectivity index (χ0v) is 7.23. The Hall–Kier alpha value is -1.35. The minimum absolute atomic E-state index is 0.0131. The highest BCUT2D eigenvalue weighted by molar-refractivity contribution is 6.36. The van der Waals surface area contributed by atoms with Gasteiger partial charge in [-0.25, -0.2) is 4.39 Å². The molecule has 0 saturated carbocycles. The number of aromatic nitrogens is 1. The standard InChI is InChI=1S/C9H5ClFNO/c10-9-6(11)1-2-7-8(9)5(4-13)3-12-7/h1-4,12H. The lowest BCUT2D eigenvalue weighted by Crippen LogP contribution is -1.80. The van der Waals surface area contributed by atoms with Crippen LogP contribution < -0.4 is 0 Å². The summed E-state index contributed by atoms with van der Waals surface area (Å²) in [4.78, 5) is 13.4. The fraction of sp³-hybridized carbons (Fsp3) is 0. The summed E-state index contributed by atoms with van der Waals surface area (Å²) >= 11 is 5.70. The van der Waals surface area contributed by atoms with Gasteiger partial charge in [-0.15, -0.1) is 0 Å². The highest BCUT2D eigenvalue weighted by atomic mass is 35.5. The fourth-order valence-corrected chi connectivity index (χ4v) is 1.55. The normalized spacial score (nSPS) is 10.6. The Balaban J connectivity index is 2.93. The third-order valence-electron chi connectivity index (χ3n) is 1.89. The van der Waals surface area contributed by atoms with Crippen molar-refractivity contribution >= 4 is 28.8 Å². The largest absolute Gasteiger partial charge is 0.360 e. The zero-order valence-electron chi connectivity index (χ0n) is 6.47. The first-order valence-electron chi connectivity index (χ1n) is 3.64. The van der Waals surface area contributed by atoms with E-state index in [1.165, 1.54) is 12.3 Å². The van der Waals surface area contributed by atoms with E-state index in [0.717, 1.165) is 0 Å². The van der Waals surface area contributed by atoms with E-state index in [4.69, 9.17) is 11.6 Å². The van der Waals surface area contributed by atoms with Gasteiger partial charge in [0, 0.05) is 22.7 Å². The summed E-state index contributed by atoms with van der Waals surface area (Å²) in [6.45, 7) is 0. The maximum atomic E-state index is 13.0. The first-order valence-corrected chi connectivity index (χ1v) is 4.02. The van der Waals surface area contributed by atoms with Crippen molar-refractivity contribution in [1.82, 2.24) is 4.98 Å². The third-order valence-corrected chi connectivity index (χ3v) is 2.26. The number of hydrogen-bond donors (Lipinski definition) is 1. The molecule has 1 heterocycles. The average Bonchev–Trinajstić information content (AvgIpc) is 2.55. The topological polar surface area (TPSA) is 32.9 Å². The summed E-state index contributed by atoms with van der Waals surface area (Å²) in [7, 11) is 0. The Morgan fingerprint density at radius 2 is 2.23 bits per heavy atom. The number of aldehydes is 1. The maximum Gasteiger partial charge on any atom is 0.152 e. The van der Waals surface area contributed by atoms with Crippen molar-refractivity contribution in [2.45, 2.75) is 0 Å². The number of benzene rings is 1. The van der Waals surface area contributed by atoms with E-state index >= 15 is 0 Å². The number of hydrogen-bond acceptors (Lipinski definition) is 1. The lowest BCUT2D eigenvalue weighted by molar-refractivity contribution is 0.112. The molecule has 0 fully saturated rings. The van der Waals surface area contributed by atoms with E-state index in [1.807, 2.05) is 0 Å². The molecule has 0 saturated heterocycles. The molecular weight excluding hydrogens is 193 g/mol. The molecule has 1 aromatic heterocycles. The molecule has 13 heavy (non-hydrogen) atoms. The minimum atomic E-state index is -0.517. The van der Waals surface area contributed by atoms with Crippen LogP contribution in [0.5, 0.6) is 0 Å². The average molecular weight is 198 g/mol. The van der Waals surface area contributed by atoms with Gasteiger partial charge in [0.15, 0.2) is 6.29 Å². The van der Waals surface area contributed by atoms with Crippen LogP contribution in [-0.2, 0) is 0 Å². The lowest BCUT2D eigenvalue weighted by Gasteiger charge is -1.96. The van der Waals surface area contributed by atoms with Crippen LogP contribution in [0.4, 0.5) is 4.39 Å². The quantitative estimate of drug-likeness (QED) is 0.701. The van der Waals surface area contributed by atoms with Gasteiger partial charge in [-0.3, -0.25) is 4.79 Å². The van der Waals surface area contributed by atoms with Gasteiger partial charge in [0.1, 0.15) is 5.82 Å². The van der Waals surface area contributed by atoms with E-state index in [-0.39, 0.29) is 5.02 Å². The highest BCUT2D eigenvalue weighted by Gasteiger charge is 2.10. The molecule has 0 radical (unpaired) electrons. The van der Waals surface area contributed by atoms with Crippen molar-refractivity contribution in [2.75, 3.05) is 0 Å². The van der Waals surface area contributed by atoms with Gasteiger partial charge in [0.25, 0.3) is 0 Å². The Labute approximate surface area is 78.3 Å². The molecule has 0 aliphatic heterocycles. The molecule has 0 spiro atoms. The summed E-state index contributed by atoms with van der Waals surface area (Å²) in [5.41, 5.74) is 1.04. The number of halogens is 2. The number of carbonyl (C=O) groups is 1. The number of nitrogens with one attached hydrogen (secondary N) is 1. The van der Waals surface area contributed by atoms with Crippen LogP contribution in [0.1, 0.15) is 10.4 Å². The molecule has 1 N–H and O–H groups in total. The highest BCUT2D eigenvalue weighted by Crippen LogP contribution is 2.27. The molecule has 0 amide bonds. The summed E-state index contributed by atoms with van der Waals surface area (Å²) in [5.74, 6) is -0.517. The molecule has 4 heteroatoms. The summed E-state index contributed by atoms with van der Waals surface area (Å²) in [6, 6.07) is 2.80. The van der Waals surface area contributed by atoms with Crippen molar-refractivity contribution < 1.29 is 9.18 Å². The predicted molar refractivity (Wildman–Crippen MR) is 48.7 cm³/mol. The summed E-state index contributed by atoms with van der Waals surface area (Å²) in [5, 5.41) is 0.428. The van der Waals surface area contributed by atoms with Gasteiger partial charge in [-0.05, 0) is 12.1 Å². The molecule has 0 aliphatic carbocycles. The first-order chi connectivity index (χ1) is 6.24. The number of rotatable bonds is 1. The van der Waals surface area contributed by atoms with E-state index in [1.54, 1.807) is 6.07 Å². The summed E-state index contributed by atoms with van der Waals surface area (Å²) < 4.78 is 13.0. The SMILES string of the molecule is O=Cc1c[nH]c2ccc(F)c(Cl)c12. The lowest BCUT2D eigenvalue weighted by atomic mass is 10.2. The number of carbonyl (C=O) groups excluding carboxylic acids is 1. The van der Waals surface area contributed by atoms with E-state index in [0.29, 0.717) is 22.8 Å². The second-order valence-electron chi connectivity index (χ2n) is 2.65. The molecule has 2 nitrogen and oxygen atoms in total. The molecule has 0 unspecified atom stereocenters. The first kappa shape index (κ1) is 8.26. The monoisotopic (exact) mass is 197 g/mol. The number of aromatic amines is 1. The summed E-state index contributed by atoms with van der Waals surface area (Å²) in [6.07, 6.45) is 2.15. The molecule has 0 aliphatic rings. The third kappa shape index (κ3) is 1.12.